The first-order valence-electron chi connectivity index (χ1n) is 7.49. The van der Waals surface area contributed by atoms with E-state index < -0.39 is 6.04 Å². The van der Waals surface area contributed by atoms with Crippen molar-refractivity contribution in [1.82, 2.24) is 10.2 Å². The van der Waals surface area contributed by atoms with Crippen LogP contribution in [0.2, 0.25) is 0 Å². The largest absolute Gasteiger partial charge is 0.341 e. The van der Waals surface area contributed by atoms with Crippen molar-refractivity contribution >= 4 is 17.6 Å². The summed E-state index contributed by atoms with van der Waals surface area (Å²) in [5.74, 6) is 0.0744. The van der Waals surface area contributed by atoms with Crippen molar-refractivity contribution in [3.8, 4) is 0 Å². The van der Waals surface area contributed by atoms with Crippen LogP contribution < -0.4 is 10.6 Å². The summed E-state index contributed by atoms with van der Waals surface area (Å²) < 4.78 is 0. The van der Waals surface area contributed by atoms with E-state index >= 15 is 0 Å². The molecule has 114 valence electrons. The SMILES string of the molecule is CC(C)[C@@H](NC(=O)Nc1ccccc1)C(=O)N1CCCC1. The van der Waals surface area contributed by atoms with Gasteiger partial charge in [0.05, 0.1) is 0 Å². The minimum absolute atomic E-state index is 0.0192. The molecule has 1 aliphatic heterocycles. The average Bonchev–Trinajstić information content (AvgIpc) is 2.99. The fraction of sp³-hybridized carbons (Fsp3) is 0.500. The highest BCUT2D eigenvalue weighted by Crippen LogP contribution is 2.13. The number of urea groups is 1. The molecule has 0 aliphatic carbocycles. The summed E-state index contributed by atoms with van der Waals surface area (Å²) in [6, 6.07) is 8.39. The minimum atomic E-state index is -0.480. The Morgan fingerprint density at radius 1 is 1.10 bits per heavy atom. The second-order valence-corrected chi connectivity index (χ2v) is 5.72. The van der Waals surface area contributed by atoms with Crippen LogP contribution >= 0.6 is 0 Å². The van der Waals surface area contributed by atoms with E-state index in [1.165, 1.54) is 0 Å². The first-order chi connectivity index (χ1) is 10.1. The highest BCUT2D eigenvalue weighted by molar-refractivity contribution is 5.93. The van der Waals surface area contributed by atoms with Gasteiger partial charge in [0.25, 0.3) is 0 Å². The monoisotopic (exact) mass is 289 g/mol. The molecular formula is C16H23N3O2. The number of nitrogens with one attached hydrogen (secondary N) is 2. The van der Waals surface area contributed by atoms with E-state index in [-0.39, 0.29) is 17.9 Å². The number of hydrogen-bond acceptors (Lipinski definition) is 2. The molecule has 1 aliphatic rings. The molecule has 1 heterocycles. The molecule has 1 aromatic rings. The lowest BCUT2D eigenvalue weighted by molar-refractivity contribution is -0.133. The third-order valence-electron chi connectivity index (χ3n) is 3.67. The third-order valence-corrected chi connectivity index (χ3v) is 3.67. The number of carbonyl (C=O) groups excluding carboxylic acids is 2. The maximum Gasteiger partial charge on any atom is 0.319 e. The number of anilines is 1. The Morgan fingerprint density at radius 3 is 2.29 bits per heavy atom. The van der Waals surface area contributed by atoms with Gasteiger partial charge >= 0.3 is 6.03 Å². The molecule has 5 nitrogen and oxygen atoms in total. The molecule has 1 atom stereocenters. The molecule has 5 heteroatoms. The molecule has 1 saturated heterocycles. The van der Waals surface area contributed by atoms with Gasteiger partial charge in [0.1, 0.15) is 6.04 Å². The predicted octanol–water partition coefficient (Wildman–Crippen LogP) is 2.46. The third kappa shape index (κ3) is 4.21. The van der Waals surface area contributed by atoms with Crippen LogP contribution in [0.15, 0.2) is 30.3 Å². The molecule has 0 unspecified atom stereocenters. The number of nitrogens with zero attached hydrogens (tertiary/aromatic N) is 1. The second kappa shape index (κ2) is 7.11. The van der Waals surface area contributed by atoms with Gasteiger partial charge in [0.2, 0.25) is 5.91 Å². The van der Waals surface area contributed by atoms with Gasteiger partial charge in [-0.3, -0.25) is 4.79 Å². The molecule has 1 aromatic carbocycles. The molecule has 0 radical (unpaired) electrons. The predicted molar refractivity (Wildman–Crippen MR) is 83.0 cm³/mol. The molecule has 1 fully saturated rings. The lowest BCUT2D eigenvalue weighted by Gasteiger charge is -2.26. The van der Waals surface area contributed by atoms with Gasteiger partial charge < -0.3 is 15.5 Å². The number of hydrogen-bond donors (Lipinski definition) is 2. The van der Waals surface area contributed by atoms with Crippen LogP contribution in [-0.2, 0) is 4.79 Å². The average molecular weight is 289 g/mol. The molecule has 2 N–H and O–H groups in total. The van der Waals surface area contributed by atoms with Crippen LogP contribution in [-0.4, -0.2) is 36.0 Å². The van der Waals surface area contributed by atoms with Gasteiger partial charge in [0, 0.05) is 18.8 Å². The number of para-hydroxylation sites is 1. The minimum Gasteiger partial charge on any atom is -0.341 e. The topological polar surface area (TPSA) is 61.4 Å². The van der Waals surface area contributed by atoms with Crippen LogP contribution in [0.1, 0.15) is 26.7 Å². The van der Waals surface area contributed by atoms with Gasteiger partial charge in [-0.15, -0.1) is 0 Å². The molecule has 21 heavy (non-hydrogen) atoms. The molecule has 0 aromatic heterocycles. The van der Waals surface area contributed by atoms with E-state index in [1.54, 1.807) is 0 Å². The Bertz CT molecular complexity index is 482. The van der Waals surface area contributed by atoms with Crippen LogP contribution in [0.5, 0.6) is 0 Å². The highest BCUT2D eigenvalue weighted by Gasteiger charge is 2.29. The van der Waals surface area contributed by atoms with Crippen LogP contribution in [0.25, 0.3) is 0 Å². The van der Waals surface area contributed by atoms with Gasteiger partial charge in [-0.25, -0.2) is 4.79 Å². The maximum absolute atomic E-state index is 12.5. The summed E-state index contributed by atoms with van der Waals surface area (Å²) in [6.45, 7) is 5.48. The lowest BCUT2D eigenvalue weighted by atomic mass is 10.0. The Labute approximate surface area is 125 Å². The van der Waals surface area contributed by atoms with Crippen LogP contribution in [0.4, 0.5) is 10.5 Å². The Kier molecular flexibility index (Phi) is 5.20. The number of benzene rings is 1. The fourth-order valence-corrected chi connectivity index (χ4v) is 2.48. The van der Waals surface area contributed by atoms with Gasteiger partial charge in [-0.05, 0) is 30.9 Å². The van der Waals surface area contributed by atoms with Gasteiger partial charge in [-0.1, -0.05) is 32.0 Å². The summed E-state index contributed by atoms with van der Waals surface area (Å²) in [6.07, 6.45) is 2.10. The summed E-state index contributed by atoms with van der Waals surface area (Å²) in [5, 5.41) is 5.55. The van der Waals surface area contributed by atoms with E-state index in [0.29, 0.717) is 5.69 Å². The van der Waals surface area contributed by atoms with E-state index in [2.05, 4.69) is 10.6 Å². The number of carbonyl (C=O) groups is 2. The Balaban J connectivity index is 1.95. The zero-order chi connectivity index (χ0) is 15.2. The molecule has 2 rings (SSSR count). The van der Waals surface area contributed by atoms with Crippen LogP contribution in [0.3, 0.4) is 0 Å². The van der Waals surface area contributed by atoms with E-state index in [0.717, 1.165) is 25.9 Å². The van der Waals surface area contributed by atoms with Crippen LogP contribution in [0, 0.1) is 5.92 Å². The van der Waals surface area contributed by atoms with Crippen molar-refractivity contribution in [2.75, 3.05) is 18.4 Å². The number of amides is 3. The fourth-order valence-electron chi connectivity index (χ4n) is 2.48. The molecular weight excluding hydrogens is 266 g/mol. The lowest BCUT2D eigenvalue weighted by Crippen LogP contribution is -2.51. The van der Waals surface area contributed by atoms with Crippen molar-refractivity contribution in [3.05, 3.63) is 30.3 Å². The van der Waals surface area contributed by atoms with Crippen molar-refractivity contribution in [2.45, 2.75) is 32.7 Å². The summed E-state index contributed by atoms with van der Waals surface area (Å²) in [7, 11) is 0. The van der Waals surface area contributed by atoms with Gasteiger partial charge in [0.15, 0.2) is 0 Å². The van der Waals surface area contributed by atoms with Crippen molar-refractivity contribution in [2.24, 2.45) is 5.92 Å². The zero-order valence-corrected chi connectivity index (χ0v) is 12.6. The zero-order valence-electron chi connectivity index (χ0n) is 12.6. The quantitative estimate of drug-likeness (QED) is 0.894. The van der Waals surface area contributed by atoms with E-state index in [4.69, 9.17) is 0 Å². The molecule has 0 spiro atoms. The highest BCUT2D eigenvalue weighted by atomic mass is 16.2. The smallest absolute Gasteiger partial charge is 0.319 e. The van der Waals surface area contributed by atoms with Crippen molar-refractivity contribution < 1.29 is 9.59 Å². The van der Waals surface area contributed by atoms with E-state index in [1.807, 2.05) is 49.1 Å². The normalized spacial score (nSPS) is 15.9. The molecule has 0 bridgehead atoms. The van der Waals surface area contributed by atoms with Crippen molar-refractivity contribution in [3.63, 3.8) is 0 Å². The Hall–Kier alpha value is -2.04. The first-order valence-corrected chi connectivity index (χ1v) is 7.49. The molecule has 3 amide bonds. The number of rotatable bonds is 4. The Morgan fingerprint density at radius 2 is 1.71 bits per heavy atom. The molecule has 0 saturated carbocycles. The second-order valence-electron chi connectivity index (χ2n) is 5.72. The summed E-state index contributed by atoms with van der Waals surface area (Å²) >= 11 is 0. The number of likely N-dealkylation sites (tertiary alicyclic amines) is 1. The summed E-state index contributed by atoms with van der Waals surface area (Å²) in [5.41, 5.74) is 0.714. The van der Waals surface area contributed by atoms with Gasteiger partial charge in [-0.2, -0.15) is 0 Å². The first kappa shape index (κ1) is 15.4. The van der Waals surface area contributed by atoms with E-state index in [9.17, 15) is 9.59 Å². The standard InChI is InChI=1S/C16H23N3O2/c1-12(2)14(15(20)19-10-6-7-11-19)18-16(21)17-13-8-4-3-5-9-13/h3-5,8-9,12,14H,6-7,10-11H2,1-2H3,(H2,17,18,21)/t14-/m1/s1. The summed E-state index contributed by atoms with van der Waals surface area (Å²) in [4.78, 5) is 26.4. The van der Waals surface area contributed by atoms with Crippen molar-refractivity contribution in [1.29, 1.82) is 0 Å². The maximum atomic E-state index is 12.5.